The number of pyridine rings is 1. The third-order valence-corrected chi connectivity index (χ3v) is 4.79. The van der Waals surface area contributed by atoms with Crippen LogP contribution in [0.2, 0.25) is 0 Å². The molecule has 1 heterocycles. The summed E-state index contributed by atoms with van der Waals surface area (Å²) in [6, 6.07) is 21.1. The van der Waals surface area contributed by atoms with E-state index in [-0.39, 0.29) is 12.3 Å². The van der Waals surface area contributed by atoms with Gasteiger partial charge in [0, 0.05) is 31.9 Å². The molecule has 0 fully saturated rings. The van der Waals surface area contributed by atoms with Crippen molar-refractivity contribution < 1.29 is 14.3 Å². The van der Waals surface area contributed by atoms with Gasteiger partial charge in [-0.15, -0.1) is 0 Å². The minimum atomic E-state index is -0.691. The van der Waals surface area contributed by atoms with Gasteiger partial charge in [0.15, 0.2) is 0 Å². The number of likely N-dealkylation sites (N-methyl/N-ethyl adjacent to an activating group) is 1. The first-order chi connectivity index (χ1) is 15.0. The average molecular weight is 418 g/mol. The molecule has 0 spiro atoms. The maximum atomic E-state index is 12.8. The lowest BCUT2D eigenvalue weighted by molar-refractivity contribution is -0.130. The summed E-state index contributed by atoms with van der Waals surface area (Å²) in [5, 5.41) is 2.67. The summed E-state index contributed by atoms with van der Waals surface area (Å²) in [6.07, 6.45) is 2.46. The van der Waals surface area contributed by atoms with E-state index in [0.29, 0.717) is 24.5 Å². The quantitative estimate of drug-likeness (QED) is 0.554. The lowest BCUT2D eigenvalue weighted by Gasteiger charge is -2.22. The summed E-state index contributed by atoms with van der Waals surface area (Å²) in [7, 11) is 1.74. The largest absolute Gasteiger partial charge is 0.457 e. The number of nitrogens with two attached hydrogens (primary N) is 1. The molecule has 0 radical (unpaired) electrons. The van der Waals surface area contributed by atoms with E-state index in [1.807, 2.05) is 66.7 Å². The second kappa shape index (κ2) is 10.8. The smallest absolute Gasteiger partial charge is 0.312 e. The van der Waals surface area contributed by atoms with Gasteiger partial charge in [-0.05, 0) is 42.0 Å². The summed E-state index contributed by atoms with van der Waals surface area (Å²) in [4.78, 5) is 30.3. The SMILES string of the molecule is CN(CCc1ccccn1)C(=O)CC(NC(N)=O)c1cccc(Oc2ccccc2)c1. The van der Waals surface area contributed by atoms with Crippen molar-refractivity contribution in [3.63, 3.8) is 0 Å². The van der Waals surface area contributed by atoms with Crippen molar-refractivity contribution in [1.82, 2.24) is 15.2 Å². The Morgan fingerprint density at radius 1 is 1.03 bits per heavy atom. The van der Waals surface area contributed by atoms with Crippen LogP contribution in [-0.2, 0) is 11.2 Å². The Bertz CT molecular complexity index is 996. The van der Waals surface area contributed by atoms with E-state index in [1.54, 1.807) is 24.2 Å². The van der Waals surface area contributed by atoms with Gasteiger partial charge in [-0.3, -0.25) is 9.78 Å². The molecule has 0 aliphatic rings. The minimum absolute atomic E-state index is 0.0798. The fourth-order valence-electron chi connectivity index (χ4n) is 3.13. The molecule has 3 aromatic rings. The molecule has 0 aliphatic carbocycles. The Labute approximate surface area is 181 Å². The number of benzene rings is 2. The number of carbonyl (C=O) groups excluding carboxylic acids is 2. The van der Waals surface area contributed by atoms with Gasteiger partial charge in [0.1, 0.15) is 11.5 Å². The molecule has 7 nitrogen and oxygen atoms in total. The third kappa shape index (κ3) is 6.85. The van der Waals surface area contributed by atoms with Gasteiger partial charge < -0.3 is 20.7 Å². The number of rotatable bonds is 9. The molecule has 3 rings (SSSR count). The topological polar surface area (TPSA) is 97.5 Å². The third-order valence-electron chi connectivity index (χ3n) is 4.79. The fraction of sp³-hybridized carbons (Fsp3) is 0.208. The zero-order chi connectivity index (χ0) is 22.1. The van der Waals surface area contributed by atoms with Crippen LogP contribution < -0.4 is 15.8 Å². The molecule has 2 aromatic carbocycles. The Morgan fingerprint density at radius 2 is 1.77 bits per heavy atom. The predicted octanol–water partition coefficient (Wildman–Crippen LogP) is 3.67. The number of aromatic nitrogens is 1. The van der Waals surface area contributed by atoms with Gasteiger partial charge in [-0.2, -0.15) is 0 Å². The zero-order valence-corrected chi connectivity index (χ0v) is 17.4. The number of ether oxygens (including phenoxy) is 1. The highest BCUT2D eigenvalue weighted by molar-refractivity contribution is 5.78. The highest BCUT2D eigenvalue weighted by Crippen LogP contribution is 2.26. The normalized spacial score (nSPS) is 11.4. The van der Waals surface area contributed by atoms with Crippen LogP contribution in [0.25, 0.3) is 0 Å². The number of hydrogen-bond donors (Lipinski definition) is 2. The van der Waals surface area contributed by atoms with Crippen LogP contribution >= 0.6 is 0 Å². The highest BCUT2D eigenvalue weighted by atomic mass is 16.5. The van der Waals surface area contributed by atoms with Crippen LogP contribution in [-0.4, -0.2) is 35.4 Å². The van der Waals surface area contributed by atoms with Gasteiger partial charge >= 0.3 is 6.03 Å². The van der Waals surface area contributed by atoms with E-state index in [9.17, 15) is 9.59 Å². The molecule has 160 valence electrons. The van der Waals surface area contributed by atoms with Crippen molar-refractivity contribution in [2.45, 2.75) is 18.9 Å². The van der Waals surface area contributed by atoms with Crippen LogP contribution in [0.1, 0.15) is 23.7 Å². The van der Waals surface area contributed by atoms with E-state index in [1.165, 1.54) is 0 Å². The number of nitrogens with one attached hydrogen (secondary N) is 1. The molecule has 1 atom stereocenters. The van der Waals surface area contributed by atoms with Gasteiger partial charge in [0.05, 0.1) is 12.5 Å². The van der Waals surface area contributed by atoms with E-state index in [4.69, 9.17) is 10.5 Å². The standard InChI is InChI=1S/C24H26N4O3/c1-28(15-13-19-9-5-6-14-26-19)23(29)17-22(27-24(25)30)18-8-7-12-21(16-18)31-20-10-3-2-4-11-20/h2-12,14,16,22H,13,15,17H2,1H3,(H3,25,27,30). The van der Waals surface area contributed by atoms with Crippen molar-refractivity contribution in [3.05, 3.63) is 90.3 Å². The summed E-state index contributed by atoms with van der Waals surface area (Å²) < 4.78 is 5.87. The number of para-hydroxylation sites is 1. The molecule has 1 aromatic heterocycles. The highest BCUT2D eigenvalue weighted by Gasteiger charge is 2.20. The fourth-order valence-corrected chi connectivity index (χ4v) is 3.13. The number of hydrogen-bond acceptors (Lipinski definition) is 4. The molecular formula is C24H26N4O3. The van der Waals surface area contributed by atoms with Crippen LogP contribution in [0.4, 0.5) is 4.79 Å². The Kier molecular flexibility index (Phi) is 7.59. The molecule has 0 bridgehead atoms. The summed E-state index contributed by atoms with van der Waals surface area (Å²) in [5.41, 5.74) is 7.02. The average Bonchev–Trinajstić information content (AvgIpc) is 2.78. The van der Waals surface area contributed by atoms with Crippen molar-refractivity contribution in [2.75, 3.05) is 13.6 Å². The lowest BCUT2D eigenvalue weighted by atomic mass is 10.0. The number of amides is 3. The number of urea groups is 1. The van der Waals surface area contributed by atoms with Crippen LogP contribution in [0.3, 0.4) is 0 Å². The van der Waals surface area contributed by atoms with Crippen LogP contribution in [0.5, 0.6) is 11.5 Å². The van der Waals surface area contributed by atoms with E-state index < -0.39 is 12.1 Å². The molecule has 3 amide bonds. The van der Waals surface area contributed by atoms with Crippen LogP contribution in [0.15, 0.2) is 79.0 Å². The number of carbonyl (C=O) groups is 2. The molecular weight excluding hydrogens is 392 g/mol. The molecule has 7 heteroatoms. The van der Waals surface area contributed by atoms with Gasteiger partial charge in [0.25, 0.3) is 0 Å². The number of primary amides is 1. The Hall–Kier alpha value is -3.87. The summed E-state index contributed by atoms with van der Waals surface area (Å²) in [6.45, 7) is 0.524. The van der Waals surface area contributed by atoms with Crippen molar-refractivity contribution in [2.24, 2.45) is 5.73 Å². The first kappa shape index (κ1) is 21.8. The van der Waals surface area contributed by atoms with Crippen LogP contribution in [0, 0.1) is 0 Å². The summed E-state index contributed by atoms with van der Waals surface area (Å²) in [5.74, 6) is 1.20. The molecule has 3 N–H and O–H groups in total. The van der Waals surface area contributed by atoms with Crippen molar-refractivity contribution >= 4 is 11.9 Å². The zero-order valence-electron chi connectivity index (χ0n) is 17.4. The van der Waals surface area contributed by atoms with Gasteiger partial charge in [0.2, 0.25) is 5.91 Å². The molecule has 1 unspecified atom stereocenters. The van der Waals surface area contributed by atoms with E-state index in [0.717, 1.165) is 11.3 Å². The lowest BCUT2D eigenvalue weighted by Crippen LogP contribution is -2.37. The number of nitrogens with zero attached hydrogens (tertiary/aromatic N) is 2. The second-order valence-corrected chi connectivity index (χ2v) is 7.14. The molecule has 0 saturated heterocycles. The summed E-state index contributed by atoms with van der Waals surface area (Å²) >= 11 is 0. The first-order valence-electron chi connectivity index (χ1n) is 10.0. The second-order valence-electron chi connectivity index (χ2n) is 7.14. The maximum Gasteiger partial charge on any atom is 0.312 e. The van der Waals surface area contributed by atoms with E-state index in [2.05, 4.69) is 10.3 Å². The molecule has 31 heavy (non-hydrogen) atoms. The van der Waals surface area contributed by atoms with Gasteiger partial charge in [-0.1, -0.05) is 36.4 Å². The molecule has 0 aliphatic heterocycles. The Balaban J connectivity index is 1.67. The monoisotopic (exact) mass is 418 g/mol. The van der Waals surface area contributed by atoms with Crippen molar-refractivity contribution in [3.8, 4) is 11.5 Å². The van der Waals surface area contributed by atoms with Gasteiger partial charge in [-0.25, -0.2) is 4.79 Å². The van der Waals surface area contributed by atoms with E-state index >= 15 is 0 Å². The molecule has 0 saturated carbocycles. The predicted molar refractivity (Wildman–Crippen MR) is 119 cm³/mol. The Morgan fingerprint density at radius 3 is 2.48 bits per heavy atom. The minimum Gasteiger partial charge on any atom is -0.457 e. The van der Waals surface area contributed by atoms with Crippen molar-refractivity contribution in [1.29, 1.82) is 0 Å². The maximum absolute atomic E-state index is 12.8. The first-order valence-corrected chi connectivity index (χ1v) is 10.0.